The van der Waals surface area contributed by atoms with E-state index >= 15 is 0 Å². The van der Waals surface area contributed by atoms with Crippen LogP contribution in [0.4, 0.5) is 5.69 Å². The lowest BCUT2D eigenvalue weighted by Gasteiger charge is -2.31. The van der Waals surface area contributed by atoms with Gasteiger partial charge in [-0.1, -0.05) is 36.7 Å². The van der Waals surface area contributed by atoms with Crippen molar-refractivity contribution >= 4 is 29.1 Å². The summed E-state index contributed by atoms with van der Waals surface area (Å²) in [5.41, 5.74) is 1.58. The summed E-state index contributed by atoms with van der Waals surface area (Å²) in [4.78, 5) is 26.7. The Kier molecular flexibility index (Phi) is 4.14. The van der Waals surface area contributed by atoms with E-state index in [1.165, 1.54) is 5.54 Å². The fourth-order valence-electron chi connectivity index (χ4n) is 2.25. The summed E-state index contributed by atoms with van der Waals surface area (Å²) in [6.07, 6.45) is 2.20. The van der Waals surface area contributed by atoms with Crippen LogP contribution < -0.4 is 10.2 Å². The van der Waals surface area contributed by atoms with Crippen molar-refractivity contribution in [2.24, 2.45) is 0 Å². The number of halogens is 1. The molecule has 1 unspecified atom stereocenters. The van der Waals surface area contributed by atoms with Gasteiger partial charge in [-0.05, 0) is 25.5 Å². The molecular weight excluding hydrogens is 276 g/mol. The van der Waals surface area contributed by atoms with Crippen molar-refractivity contribution in [3.8, 4) is 0 Å². The molecule has 1 heterocycles. The highest BCUT2D eigenvalue weighted by Crippen LogP contribution is 2.28. The Morgan fingerprint density at radius 2 is 2.05 bits per heavy atom. The number of nitrogens with one attached hydrogen (secondary N) is 1. The molecule has 0 saturated heterocycles. The van der Waals surface area contributed by atoms with Gasteiger partial charge in [0, 0.05) is 12.1 Å². The molecule has 2 amide bonds. The molecule has 20 heavy (non-hydrogen) atoms. The second kappa shape index (κ2) is 5.67. The normalized spacial score (nSPS) is 22.6. The van der Waals surface area contributed by atoms with Crippen molar-refractivity contribution in [1.29, 1.82) is 0 Å². The number of nitrogens with zero attached hydrogens (tertiary/aromatic N) is 1. The first-order valence-corrected chi connectivity index (χ1v) is 6.96. The molecule has 0 aliphatic carbocycles. The van der Waals surface area contributed by atoms with E-state index in [2.05, 4.69) is 5.32 Å². The zero-order valence-electron chi connectivity index (χ0n) is 11.5. The minimum Gasteiger partial charge on any atom is -0.338 e. The summed E-state index contributed by atoms with van der Waals surface area (Å²) in [5, 5.41) is 2.83. The van der Waals surface area contributed by atoms with Crippen molar-refractivity contribution in [3.63, 3.8) is 0 Å². The number of hydrogen-bond acceptors (Lipinski definition) is 2. The van der Waals surface area contributed by atoms with Gasteiger partial charge in [-0.2, -0.15) is 0 Å². The molecule has 1 aromatic rings. The van der Waals surface area contributed by atoms with Crippen LogP contribution in [0.15, 0.2) is 35.9 Å². The average molecular weight is 293 g/mol. The van der Waals surface area contributed by atoms with E-state index in [9.17, 15) is 9.59 Å². The maximum Gasteiger partial charge on any atom is 0.254 e. The molecule has 106 valence electrons. The zero-order chi connectivity index (χ0) is 14.8. The van der Waals surface area contributed by atoms with Crippen molar-refractivity contribution in [3.05, 3.63) is 41.4 Å². The van der Waals surface area contributed by atoms with Gasteiger partial charge in [-0.25, -0.2) is 0 Å². The van der Waals surface area contributed by atoms with Crippen LogP contribution in [0.1, 0.15) is 30.6 Å². The van der Waals surface area contributed by atoms with E-state index in [-0.39, 0.29) is 11.8 Å². The predicted molar refractivity (Wildman–Crippen MR) is 80.0 cm³/mol. The van der Waals surface area contributed by atoms with Gasteiger partial charge in [0.05, 0.1) is 11.3 Å². The molecule has 0 radical (unpaired) electrons. The smallest absolute Gasteiger partial charge is 0.254 e. The first-order valence-electron chi connectivity index (χ1n) is 6.52. The van der Waals surface area contributed by atoms with E-state index < -0.39 is 5.54 Å². The summed E-state index contributed by atoms with van der Waals surface area (Å²) < 4.78 is 0. The largest absolute Gasteiger partial charge is 0.338 e. The summed E-state index contributed by atoms with van der Waals surface area (Å²) >= 11 is 5.57. The van der Waals surface area contributed by atoms with Crippen LogP contribution in [0.3, 0.4) is 0 Å². The molecule has 2 rings (SSSR count). The van der Waals surface area contributed by atoms with Crippen molar-refractivity contribution < 1.29 is 9.59 Å². The van der Waals surface area contributed by atoms with Crippen LogP contribution in [0.25, 0.3) is 0 Å². The molecule has 0 bridgehead atoms. The molecule has 1 aliphatic heterocycles. The van der Waals surface area contributed by atoms with Crippen LogP contribution in [0.5, 0.6) is 0 Å². The average Bonchev–Trinajstić information content (AvgIpc) is 2.54. The minimum absolute atomic E-state index is 0.131. The highest BCUT2D eigenvalue weighted by Gasteiger charge is 2.41. The number of anilines is 1. The number of hydrogen-bond donors (Lipinski definition) is 1. The van der Waals surface area contributed by atoms with Gasteiger partial charge in [0.25, 0.3) is 11.8 Å². The lowest BCUT2D eigenvalue weighted by atomic mass is 9.97. The van der Waals surface area contributed by atoms with Gasteiger partial charge >= 0.3 is 0 Å². The standard InChI is InChI=1S/C15H17ClN2O2/c1-3-15(2)14(20)18(10-6-9-16)12-8-5-4-7-11(12)13(19)17-15/h4-9H,3,10H2,1-2H3,(H,17,19)/b9-6+. The van der Waals surface area contributed by atoms with Gasteiger partial charge in [0.1, 0.15) is 5.54 Å². The number of carbonyl (C=O) groups excluding carboxylic acids is 2. The third-order valence-electron chi connectivity index (χ3n) is 3.63. The Morgan fingerprint density at radius 1 is 1.35 bits per heavy atom. The van der Waals surface area contributed by atoms with Gasteiger partial charge in [0.2, 0.25) is 0 Å². The van der Waals surface area contributed by atoms with Crippen LogP contribution in [-0.2, 0) is 4.79 Å². The molecule has 0 aromatic heterocycles. The Morgan fingerprint density at radius 3 is 2.70 bits per heavy atom. The first-order chi connectivity index (χ1) is 9.53. The number of carbonyl (C=O) groups is 2. The molecule has 1 aromatic carbocycles. The van der Waals surface area contributed by atoms with Crippen molar-refractivity contribution in [2.75, 3.05) is 11.4 Å². The zero-order valence-corrected chi connectivity index (χ0v) is 12.3. The van der Waals surface area contributed by atoms with E-state index in [0.29, 0.717) is 24.2 Å². The monoisotopic (exact) mass is 292 g/mol. The van der Waals surface area contributed by atoms with Crippen LogP contribution in [0.2, 0.25) is 0 Å². The lowest BCUT2D eigenvalue weighted by molar-refractivity contribution is -0.124. The Labute approximate surface area is 123 Å². The van der Waals surface area contributed by atoms with Gasteiger partial charge < -0.3 is 10.2 Å². The molecule has 0 spiro atoms. The second-order valence-electron chi connectivity index (χ2n) is 4.93. The summed E-state index contributed by atoms with van der Waals surface area (Å²) in [6.45, 7) is 3.96. The first kappa shape index (κ1) is 14.6. The van der Waals surface area contributed by atoms with Gasteiger partial charge in [-0.3, -0.25) is 9.59 Å². The maximum atomic E-state index is 12.7. The molecule has 1 atom stereocenters. The Hall–Kier alpha value is -1.81. The summed E-state index contributed by atoms with van der Waals surface area (Å²) in [6, 6.07) is 7.09. The number of rotatable bonds is 3. The SMILES string of the molecule is CCC1(C)NC(=O)c2ccccc2N(C/C=C/Cl)C1=O. The number of benzene rings is 1. The van der Waals surface area contributed by atoms with E-state index in [4.69, 9.17) is 11.6 Å². The Balaban J connectivity index is 2.57. The molecule has 0 fully saturated rings. The topological polar surface area (TPSA) is 49.4 Å². The van der Waals surface area contributed by atoms with Crippen molar-refractivity contribution in [1.82, 2.24) is 5.32 Å². The van der Waals surface area contributed by atoms with Gasteiger partial charge in [-0.15, -0.1) is 0 Å². The number of fused-ring (bicyclic) bond motifs is 1. The molecule has 1 aliphatic rings. The van der Waals surface area contributed by atoms with Crippen molar-refractivity contribution in [2.45, 2.75) is 25.8 Å². The molecular formula is C15H17ClN2O2. The van der Waals surface area contributed by atoms with E-state index in [1.54, 1.807) is 36.1 Å². The Bertz CT molecular complexity index is 571. The van der Waals surface area contributed by atoms with Crippen LogP contribution in [-0.4, -0.2) is 23.9 Å². The predicted octanol–water partition coefficient (Wildman–Crippen LogP) is 2.68. The lowest BCUT2D eigenvalue weighted by Crippen LogP contribution is -2.55. The quantitative estimate of drug-likeness (QED) is 0.931. The fraction of sp³-hybridized carbons (Fsp3) is 0.333. The third-order valence-corrected chi connectivity index (χ3v) is 3.81. The number of amides is 2. The molecule has 1 N–H and O–H groups in total. The highest BCUT2D eigenvalue weighted by molar-refractivity contribution is 6.25. The van der Waals surface area contributed by atoms with Crippen LogP contribution in [0, 0.1) is 0 Å². The highest BCUT2D eigenvalue weighted by atomic mass is 35.5. The van der Waals surface area contributed by atoms with E-state index in [1.807, 2.05) is 13.0 Å². The molecule has 4 nitrogen and oxygen atoms in total. The third kappa shape index (κ3) is 2.43. The van der Waals surface area contributed by atoms with Gasteiger partial charge in [0.15, 0.2) is 0 Å². The fourth-order valence-corrected chi connectivity index (χ4v) is 2.33. The molecule has 0 saturated carbocycles. The second-order valence-corrected chi connectivity index (χ2v) is 5.19. The maximum absolute atomic E-state index is 12.7. The van der Waals surface area contributed by atoms with Crippen LogP contribution >= 0.6 is 11.6 Å². The minimum atomic E-state index is -0.906. The molecule has 5 heteroatoms. The van der Waals surface area contributed by atoms with E-state index in [0.717, 1.165) is 0 Å². The summed E-state index contributed by atoms with van der Waals surface area (Å²) in [7, 11) is 0. The summed E-state index contributed by atoms with van der Waals surface area (Å²) in [5.74, 6) is -0.358. The number of para-hydroxylation sites is 1.